The third-order valence-electron chi connectivity index (χ3n) is 2.04. The van der Waals surface area contributed by atoms with Crippen molar-refractivity contribution in [3.05, 3.63) is 52.5 Å². The molecule has 0 radical (unpaired) electrons. The van der Waals surface area contributed by atoms with Crippen LogP contribution in [0.3, 0.4) is 0 Å². The zero-order chi connectivity index (χ0) is 9.80. The summed E-state index contributed by atoms with van der Waals surface area (Å²) in [5, 5.41) is 11.9. The van der Waals surface area contributed by atoms with Crippen molar-refractivity contribution in [3.8, 4) is 0 Å². The maximum Gasteiger partial charge on any atom is 0.0853 e. The van der Waals surface area contributed by atoms with Crippen molar-refractivity contribution in [2.24, 2.45) is 0 Å². The number of hydrogen-bond donors (Lipinski definition) is 1. The zero-order valence-corrected chi connectivity index (χ0v) is 8.45. The van der Waals surface area contributed by atoms with Crippen LogP contribution in [-0.2, 0) is 6.42 Å². The second-order valence-corrected chi connectivity index (χ2v) is 4.12. The van der Waals surface area contributed by atoms with Gasteiger partial charge >= 0.3 is 0 Å². The highest BCUT2D eigenvalue weighted by Crippen LogP contribution is 2.19. The van der Waals surface area contributed by atoms with E-state index in [4.69, 9.17) is 0 Å². The lowest BCUT2D eigenvalue weighted by atomic mass is 10.1. The molecule has 0 spiro atoms. The topological polar surface area (TPSA) is 33.1 Å². The van der Waals surface area contributed by atoms with E-state index in [0.717, 1.165) is 5.56 Å². The molecule has 1 N–H and O–H groups in total. The van der Waals surface area contributed by atoms with E-state index < -0.39 is 6.10 Å². The van der Waals surface area contributed by atoms with E-state index in [1.165, 1.54) is 4.88 Å². The summed E-state index contributed by atoms with van der Waals surface area (Å²) in [6.45, 7) is 0. The first-order valence-electron chi connectivity index (χ1n) is 4.46. The molecule has 0 saturated carbocycles. The number of hydrogen-bond acceptors (Lipinski definition) is 3. The first-order valence-corrected chi connectivity index (χ1v) is 5.34. The molecule has 1 unspecified atom stereocenters. The number of nitrogens with zero attached hydrogens (tertiary/aromatic N) is 1. The molecule has 0 saturated heterocycles. The van der Waals surface area contributed by atoms with Gasteiger partial charge in [0, 0.05) is 23.7 Å². The number of rotatable bonds is 3. The normalized spacial score (nSPS) is 12.6. The number of aliphatic hydroxyl groups is 1. The predicted molar refractivity (Wildman–Crippen MR) is 57.2 cm³/mol. The Bertz CT molecular complexity index is 371. The van der Waals surface area contributed by atoms with Crippen LogP contribution >= 0.6 is 11.3 Å². The molecule has 2 nitrogen and oxygen atoms in total. The quantitative estimate of drug-likeness (QED) is 0.834. The van der Waals surface area contributed by atoms with Crippen LogP contribution in [0.1, 0.15) is 16.5 Å². The molecule has 1 atom stereocenters. The van der Waals surface area contributed by atoms with Gasteiger partial charge in [0.1, 0.15) is 0 Å². The van der Waals surface area contributed by atoms with Crippen molar-refractivity contribution in [1.82, 2.24) is 4.98 Å². The van der Waals surface area contributed by atoms with Gasteiger partial charge in [0.05, 0.1) is 6.10 Å². The van der Waals surface area contributed by atoms with Crippen molar-refractivity contribution >= 4 is 11.3 Å². The van der Waals surface area contributed by atoms with E-state index in [1.54, 1.807) is 23.7 Å². The molecule has 0 aliphatic heterocycles. The van der Waals surface area contributed by atoms with E-state index >= 15 is 0 Å². The van der Waals surface area contributed by atoms with Gasteiger partial charge in [-0.2, -0.15) is 0 Å². The average Bonchev–Trinajstić information content (AvgIpc) is 2.72. The molecule has 72 valence electrons. The summed E-state index contributed by atoms with van der Waals surface area (Å²) >= 11 is 1.67. The molecular formula is C11H11NOS. The molecule has 0 fully saturated rings. The molecular weight excluding hydrogens is 194 g/mol. The SMILES string of the molecule is OC(Cc1cccs1)c1cccnc1. The second-order valence-electron chi connectivity index (χ2n) is 3.09. The van der Waals surface area contributed by atoms with Crippen molar-refractivity contribution in [1.29, 1.82) is 0 Å². The zero-order valence-electron chi connectivity index (χ0n) is 7.63. The Hall–Kier alpha value is -1.19. The predicted octanol–water partition coefficient (Wildman–Crippen LogP) is 2.42. The fourth-order valence-corrected chi connectivity index (χ4v) is 2.05. The second kappa shape index (κ2) is 4.35. The summed E-state index contributed by atoms with van der Waals surface area (Å²) < 4.78 is 0. The third-order valence-corrected chi connectivity index (χ3v) is 2.94. The maximum atomic E-state index is 9.86. The Kier molecular flexibility index (Phi) is 2.91. The first kappa shape index (κ1) is 9.37. The fourth-order valence-electron chi connectivity index (χ4n) is 1.31. The van der Waals surface area contributed by atoms with Crippen molar-refractivity contribution in [3.63, 3.8) is 0 Å². The number of aromatic nitrogens is 1. The number of pyridine rings is 1. The van der Waals surface area contributed by atoms with Gasteiger partial charge in [-0.3, -0.25) is 4.98 Å². The minimum Gasteiger partial charge on any atom is -0.388 e. The lowest BCUT2D eigenvalue weighted by molar-refractivity contribution is 0.179. The molecule has 2 heterocycles. The summed E-state index contributed by atoms with van der Waals surface area (Å²) in [5.74, 6) is 0. The van der Waals surface area contributed by atoms with Crippen molar-refractivity contribution in [2.75, 3.05) is 0 Å². The molecule has 0 aliphatic rings. The highest BCUT2D eigenvalue weighted by Gasteiger charge is 2.08. The monoisotopic (exact) mass is 205 g/mol. The standard InChI is InChI=1S/C11H11NOS/c13-11(7-10-4-2-6-14-10)9-3-1-5-12-8-9/h1-6,8,11,13H,7H2. The minimum atomic E-state index is -0.442. The van der Waals surface area contributed by atoms with E-state index in [1.807, 2.05) is 29.6 Å². The van der Waals surface area contributed by atoms with Gasteiger partial charge in [-0.1, -0.05) is 12.1 Å². The molecule has 0 amide bonds. The summed E-state index contributed by atoms with van der Waals surface area (Å²) in [6.07, 6.45) is 3.64. The largest absolute Gasteiger partial charge is 0.388 e. The van der Waals surface area contributed by atoms with Gasteiger partial charge < -0.3 is 5.11 Å². The lowest BCUT2D eigenvalue weighted by Crippen LogP contribution is -2.00. The molecule has 2 aromatic heterocycles. The number of thiophene rings is 1. The van der Waals surface area contributed by atoms with E-state index in [9.17, 15) is 5.11 Å². The van der Waals surface area contributed by atoms with Crippen LogP contribution in [0.4, 0.5) is 0 Å². The van der Waals surface area contributed by atoms with Gasteiger partial charge in [0.25, 0.3) is 0 Å². The van der Waals surface area contributed by atoms with Gasteiger partial charge in [0.15, 0.2) is 0 Å². The van der Waals surface area contributed by atoms with E-state index in [2.05, 4.69) is 4.98 Å². The maximum absolute atomic E-state index is 9.86. The highest BCUT2D eigenvalue weighted by atomic mass is 32.1. The van der Waals surface area contributed by atoms with Gasteiger partial charge in [-0.05, 0) is 23.1 Å². The Morgan fingerprint density at radius 1 is 1.36 bits per heavy atom. The summed E-state index contributed by atoms with van der Waals surface area (Å²) in [5.41, 5.74) is 0.876. The van der Waals surface area contributed by atoms with Crippen LogP contribution in [0.25, 0.3) is 0 Å². The molecule has 14 heavy (non-hydrogen) atoms. The Labute approximate surface area is 86.9 Å². The van der Waals surface area contributed by atoms with Crippen molar-refractivity contribution < 1.29 is 5.11 Å². The number of aliphatic hydroxyl groups excluding tert-OH is 1. The first-order chi connectivity index (χ1) is 6.86. The van der Waals surface area contributed by atoms with Gasteiger partial charge in [-0.25, -0.2) is 0 Å². The molecule has 3 heteroatoms. The van der Waals surface area contributed by atoms with Gasteiger partial charge in [0.2, 0.25) is 0 Å². The van der Waals surface area contributed by atoms with E-state index in [0.29, 0.717) is 6.42 Å². The Balaban J connectivity index is 2.07. The smallest absolute Gasteiger partial charge is 0.0853 e. The molecule has 0 aliphatic carbocycles. The Morgan fingerprint density at radius 2 is 2.29 bits per heavy atom. The van der Waals surface area contributed by atoms with Crippen LogP contribution in [-0.4, -0.2) is 10.1 Å². The minimum absolute atomic E-state index is 0.442. The van der Waals surface area contributed by atoms with Crippen LogP contribution in [0, 0.1) is 0 Å². The summed E-state index contributed by atoms with van der Waals surface area (Å²) in [4.78, 5) is 5.17. The lowest BCUT2D eigenvalue weighted by Gasteiger charge is -2.08. The fraction of sp³-hybridized carbons (Fsp3) is 0.182. The van der Waals surface area contributed by atoms with Crippen LogP contribution in [0.15, 0.2) is 42.0 Å². The van der Waals surface area contributed by atoms with Crippen LogP contribution in [0.5, 0.6) is 0 Å². The summed E-state index contributed by atoms with van der Waals surface area (Å²) in [6, 6.07) is 7.76. The third kappa shape index (κ3) is 2.19. The average molecular weight is 205 g/mol. The van der Waals surface area contributed by atoms with E-state index in [-0.39, 0.29) is 0 Å². The van der Waals surface area contributed by atoms with Crippen molar-refractivity contribution in [2.45, 2.75) is 12.5 Å². The molecule has 2 aromatic rings. The highest BCUT2D eigenvalue weighted by molar-refractivity contribution is 7.09. The summed E-state index contributed by atoms with van der Waals surface area (Å²) in [7, 11) is 0. The molecule has 0 aromatic carbocycles. The van der Waals surface area contributed by atoms with Crippen LogP contribution in [0.2, 0.25) is 0 Å². The van der Waals surface area contributed by atoms with Gasteiger partial charge in [-0.15, -0.1) is 11.3 Å². The Morgan fingerprint density at radius 3 is 2.93 bits per heavy atom. The van der Waals surface area contributed by atoms with Crippen LogP contribution < -0.4 is 0 Å². The molecule has 2 rings (SSSR count). The molecule has 0 bridgehead atoms.